The number of nitro groups is 1. The predicted octanol–water partition coefficient (Wildman–Crippen LogP) is 1.34. The molecule has 0 spiro atoms. The first-order chi connectivity index (χ1) is 10.0. The van der Waals surface area contributed by atoms with Crippen LogP contribution in [0.3, 0.4) is 0 Å². The second kappa shape index (κ2) is 5.98. The maximum absolute atomic E-state index is 11.2. The van der Waals surface area contributed by atoms with E-state index in [1.807, 2.05) is 0 Å². The Morgan fingerprint density at radius 2 is 1.64 bits per heavy atom. The minimum Gasteiger partial charge on any atom is -0.480 e. The summed E-state index contributed by atoms with van der Waals surface area (Å²) in [5, 5.41) is 37.7. The van der Waals surface area contributed by atoms with Crippen LogP contribution in [0.4, 0.5) is 5.69 Å². The topological polar surface area (TPSA) is 155 Å². The van der Waals surface area contributed by atoms with Gasteiger partial charge in [0, 0.05) is 23.6 Å². The number of rotatable bonds is 6. The fourth-order valence-electron chi connectivity index (χ4n) is 1.84. The first kappa shape index (κ1) is 17.4. The molecule has 0 saturated heterocycles. The highest BCUT2D eigenvalue weighted by molar-refractivity contribution is 6.32. The second-order valence-corrected chi connectivity index (χ2v) is 4.87. The van der Waals surface area contributed by atoms with E-state index in [1.54, 1.807) is 0 Å². The van der Waals surface area contributed by atoms with Gasteiger partial charge in [-0.1, -0.05) is 11.6 Å². The highest BCUT2D eigenvalue weighted by atomic mass is 35.5. The molecular formula is C12H10ClNO8. The Labute approximate surface area is 127 Å². The van der Waals surface area contributed by atoms with Crippen LogP contribution < -0.4 is 0 Å². The van der Waals surface area contributed by atoms with Gasteiger partial charge < -0.3 is 15.3 Å². The predicted molar refractivity (Wildman–Crippen MR) is 71.9 cm³/mol. The number of aliphatic carboxylic acids is 3. The molecule has 9 nitrogen and oxygen atoms in total. The largest absolute Gasteiger partial charge is 0.480 e. The molecule has 1 rings (SSSR count). The summed E-state index contributed by atoms with van der Waals surface area (Å²) in [7, 11) is 0. The molecular weight excluding hydrogens is 322 g/mol. The van der Waals surface area contributed by atoms with Gasteiger partial charge in [0.2, 0.25) is 0 Å². The molecule has 10 heteroatoms. The molecule has 118 valence electrons. The smallest absolute Gasteiger partial charge is 0.333 e. The summed E-state index contributed by atoms with van der Waals surface area (Å²) in [5.41, 5.74) is -3.70. The summed E-state index contributed by atoms with van der Waals surface area (Å²) in [6, 6.07) is 1.97. The van der Waals surface area contributed by atoms with E-state index in [9.17, 15) is 24.5 Å². The molecule has 0 aliphatic heterocycles. The average Bonchev–Trinajstić information content (AvgIpc) is 2.38. The van der Waals surface area contributed by atoms with Crippen molar-refractivity contribution in [2.75, 3.05) is 0 Å². The lowest BCUT2D eigenvalue weighted by molar-refractivity contribution is -0.385. The zero-order valence-corrected chi connectivity index (χ0v) is 11.8. The number of halogens is 1. The number of non-ortho nitro benzene ring substituents is 1. The molecule has 1 aromatic carbocycles. The molecule has 0 aromatic heterocycles. The molecule has 0 aliphatic carbocycles. The van der Waals surface area contributed by atoms with Crippen molar-refractivity contribution in [1.29, 1.82) is 0 Å². The fourth-order valence-corrected chi connectivity index (χ4v) is 2.02. The van der Waals surface area contributed by atoms with Gasteiger partial charge in [0.05, 0.1) is 4.92 Å². The van der Waals surface area contributed by atoms with Gasteiger partial charge in [0.1, 0.15) is 0 Å². The third-order valence-electron chi connectivity index (χ3n) is 3.08. The minimum absolute atomic E-state index is 0.126. The van der Waals surface area contributed by atoms with E-state index in [0.717, 1.165) is 12.1 Å². The van der Waals surface area contributed by atoms with E-state index in [1.165, 1.54) is 6.92 Å². The van der Waals surface area contributed by atoms with Crippen molar-refractivity contribution >= 4 is 35.2 Å². The Balaban J connectivity index is 3.54. The third-order valence-corrected chi connectivity index (χ3v) is 3.62. The van der Waals surface area contributed by atoms with Crippen LogP contribution in [0.15, 0.2) is 12.1 Å². The standard InChI is InChI=1S/C12H10ClNO8/c1-5-2-7(14(21)22)3-6(8(5)13)4-12(9(15)16,10(17)18)11(19)20/h2-3H,4H2,1H3,(H,15,16)(H,17,18)(H,19,20). The molecule has 0 amide bonds. The summed E-state index contributed by atoms with van der Waals surface area (Å²) in [6.45, 7) is 1.39. The molecule has 0 unspecified atom stereocenters. The molecule has 0 radical (unpaired) electrons. The van der Waals surface area contributed by atoms with Crippen molar-refractivity contribution in [3.05, 3.63) is 38.4 Å². The number of hydrogen-bond donors (Lipinski definition) is 3. The monoisotopic (exact) mass is 331 g/mol. The van der Waals surface area contributed by atoms with Crippen LogP contribution in [0.5, 0.6) is 0 Å². The first-order valence-electron chi connectivity index (χ1n) is 5.67. The van der Waals surface area contributed by atoms with Gasteiger partial charge in [-0.25, -0.2) is 0 Å². The quantitative estimate of drug-likeness (QED) is 0.400. The molecule has 0 heterocycles. The Kier molecular flexibility index (Phi) is 4.72. The highest BCUT2D eigenvalue weighted by Gasteiger charge is 2.55. The summed E-state index contributed by atoms with van der Waals surface area (Å²) in [5.74, 6) is -6.31. The summed E-state index contributed by atoms with van der Waals surface area (Å²) in [4.78, 5) is 43.6. The maximum atomic E-state index is 11.2. The van der Waals surface area contributed by atoms with Crippen LogP contribution in [0.25, 0.3) is 0 Å². The molecule has 3 N–H and O–H groups in total. The summed E-state index contributed by atoms with van der Waals surface area (Å²) in [6.07, 6.45) is -1.03. The first-order valence-corrected chi connectivity index (χ1v) is 6.05. The van der Waals surface area contributed by atoms with Crippen LogP contribution in [-0.4, -0.2) is 38.2 Å². The summed E-state index contributed by atoms with van der Waals surface area (Å²) < 4.78 is 0. The molecule has 0 fully saturated rings. The second-order valence-electron chi connectivity index (χ2n) is 4.49. The van der Waals surface area contributed by atoms with Crippen molar-refractivity contribution in [2.24, 2.45) is 5.41 Å². The number of nitrogens with zero attached hydrogens (tertiary/aromatic N) is 1. The van der Waals surface area contributed by atoms with Crippen LogP contribution in [0.2, 0.25) is 5.02 Å². The molecule has 0 atom stereocenters. The van der Waals surface area contributed by atoms with E-state index in [0.29, 0.717) is 0 Å². The van der Waals surface area contributed by atoms with Gasteiger partial charge in [-0.2, -0.15) is 0 Å². The Morgan fingerprint density at radius 3 is 2.00 bits per heavy atom. The van der Waals surface area contributed by atoms with Crippen LogP contribution in [0, 0.1) is 22.5 Å². The van der Waals surface area contributed by atoms with E-state index >= 15 is 0 Å². The van der Waals surface area contributed by atoms with Gasteiger partial charge >= 0.3 is 17.9 Å². The van der Waals surface area contributed by atoms with Gasteiger partial charge in [-0.05, 0) is 18.1 Å². The lowest BCUT2D eigenvalue weighted by Gasteiger charge is -2.21. The number of nitro benzene ring substituents is 1. The van der Waals surface area contributed by atoms with Crippen molar-refractivity contribution in [3.8, 4) is 0 Å². The SMILES string of the molecule is Cc1cc([N+](=O)[O-])cc(CC(C(=O)O)(C(=O)O)C(=O)O)c1Cl. The minimum atomic E-state index is -3.19. The number of aryl methyl sites for hydroxylation is 1. The number of hydrogen-bond acceptors (Lipinski definition) is 5. The van der Waals surface area contributed by atoms with Gasteiger partial charge in [0.15, 0.2) is 0 Å². The normalized spacial score (nSPS) is 11.0. The van der Waals surface area contributed by atoms with E-state index in [4.69, 9.17) is 26.9 Å². The Hall–Kier alpha value is -2.68. The lowest BCUT2D eigenvalue weighted by atomic mass is 9.81. The number of benzene rings is 1. The molecule has 0 aliphatic rings. The van der Waals surface area contributed by atoms with Crippen molar-refractivity contribution in [2.45, 2.75) is 13.3 Å². The van der Waals surface area contributed by atoms with Gasteiger partial charge in [-0.3, -0.25) is 24.5 Å². The van der Waals surface area contributed by atoms with E-state index in [2.05, 4.69) is 0 Å². The maximum Gasteiger partial charge on any atom is 0.333 e. The highest BCUT2D eigenvalue weighted by Crippen LogP contribution is 2.33. The summed E-state index contributed by atoms with van der Waals surface area (Å²) >= 11 is 5.89. The van der Waals surface area contributed by atoms with E-state index in [-0.39, 0.29) is 16.1 Å². The molecule has 1 aromatic rings. The van der Waals surface area contributed by atoms with Crippen molar-refractivity contribution < 1.29 is 34.6 Å². The zero-order valence-electron chi connectivity index (χ0n) is 11.1. The van der Waals surface area contributed by atoms with Gasteiger partial charge in [0.25, 0.3) is 11.1 Å². The fraction of sp³-hybridized carbons (Fsp3) is 0.250. The van der Waals surface area contributed by atoms with Crippen molar-refractivity contribution in [1.82, 2.24) is 0 Å². The van der Waals surface area contributed by atoms with Crippen molar-refractivity contribution in [3.63, 3.8) is 0 Å². The molecule has 22 heavy (non-hydrogen) atoms. The van der Waals surface area contributed by atoms with Crippen LogP contribution in [0.1, 0.15) is 11.1 Å². The Bertz CT molecular complexity index is 648. The third kappa shape index (κ3) is 2.84. The van der Waals surface area contributed by atoms with Gasteiger partial charge in [-0.15, -0.1) is 0 Å². The number of carbonyl (C=O) groups is 3. The Morgan fingerprint density at radius 1 is 1.18 bits per heavy atom. The average molecular weight is 332 g/mol. The lowest BCUT2D eigenvalue weighted by Crippen LogP contribution is -2.48. The zero-order chi connectivity index (χ0) is 17.2. The van der Waals surface area contributed by atoms with Crippen LogP contribution in [-0.2, 0) is 20.8 Å². The molecule has 0 saturated carbocycles. The van der Waals surface area contributed by atoms with E-state index < -0.39 is 40.4 Å². The number of carboxylic acid groups (broad SMARTS) is 3. The van der Waals surface area contributed by atoms with Crippen LogP contribution >= 0.6 is 11.6 Å². The number of carboxylic acids is 3. The molecule has 0 bridgehead atoms.